The largest absolute Gasteiger partial charge is 0.497 e. The lowest BCUT2D eigenvalue weighted by molar-refractivity contribution is -0.142. The van der Waals surface area contributed by atoms with E-state index in [4.69, 9.17) is 9.47 Å². The molecule has 2 aromatic heterocycles. The molecule has 1 aromatic carbocycles. The highest BCUT2D eigenvalue weighted by molar-refractivity contribution is 7.14. The smallest absolute Gasteiger partial charge is 0.349 e. The van der Waals surface area contributed by atoms with Crippen LogP contribution in [0.3, 0.4) is 0 Å². The average molecular weight is 479 g/mol. The van der Waals surface area contributed by atoms with Crippen LogP contribution in [0.2, 0.25) is 0 Å². The number of rotatable bonds is 9. The standard InChI is InChI=1S/C25H26N4O4S/c1-5-10-29-16(2)11-19(17(29)3)12-20(13-26)24(31)33-14-23(30)28-25-27-22(15-34-25)18-6-8-21(32-4)9-7-18/h6-9,11-12,15H,5,10,14H2,1-4H3,(H,27,28,30)/b20-12-. The van der Waals surface area contributed by atoms with Gasteiger partial charge in [0.1, 0.15) is 17.4 Å². The molecule has 9 heteroatoms. The van der Waals surface area contributed by atoms with Gasteiger partial charge in [0.2, 0.25) is 0 Å². The minimum absolute atomic E-state index is 0.166. The van der Waals surface area contributed by atoms with Crippen molar-refractivity contribution in [1.29, 1.82) is 5.26 Å². The topological polar surface area (TPSA) is 106 Å². The van der Waals surface area contributed by atoms with E-state index in [9.17, 15) is 14.9 Å². The van der Waals surface area contributed by atoms with Crippen LogP contribution in [0.15, 0.2) is 41.3 Å². The fraction of sp³-hybridized carbons (Fsp3) is 0.280. The molecule has 0 radical (unpaired) electrons. The molecule has 3 aromatic rings. The molecule has 1 amide bonds. The molecule has 1 N–H and O–H groups in total. The Morgan fingerprint density at radius 3 is 2.65 bits per heavy atom. The summed E-state index contributed by atoms with van der Waals surface area (Å²) >= 11 is 1.26. The highest BCUT2D eigenvalue weighted by Gasteiger charge is 2.16. The summed E-state index contributed by atoms with van der Waals surface area (Å²) in [6, 6.07) is 11.2. The van der Waals surface area contributed by atoms with Gasteiger partial charge in [0.15, 0.2) is 11.7 Å². The van der Waals surface area contributed by atoms with Crippen molar-refractivity contribution in [2.24, 2.45) is 0 Å². The Morgan fingerprint density at radius 1 is 1.26 bits per heavy atom. The second kappa shape index (κ2) is 11.3. The fourth-order valence-corrected chi connectivity index (χ4v) is 4.16. The van der Waals surface area contributed by atoms with Gasteiger partial charge in [-0.1, -0.05) is 6.92 Å². The number of carbonyl (C=O) groups excluding carboxylic acids is 2. The molecule has 0 aliphatic carbocycles. The number of aromatic nitrogens is 2. The second-order valence-corrected chi connectivity index (χ2v) is 8.40. The van der Waals surface area contributed by atoms with Crippen LogP contribution in [0.5, 0.6) is 5.75 Å². The van der Waals surface area contributed by atoms with Crippen LogP contribution in [0.4, 0.5) is 5.13 Å². The normalized spacial score (nSPS) is 11.1. The number of carbonyl (C=O) groups is 2. The number of aryl methyl sites for hydroxylation is 1. The van der Waals surface area contributed by atoms with Crippen LogP contribution in [0, 0.1) is 25.2 Å². The first kappa shape index (κ1) is 24.7. The summed E-state index contributed by atoms with van der Waals surface area (Å²) in [5.74, 6) is -0.651. The van der Waals surface area contributed by atoms with E-state index in [-0.39, 0.29) is 5.57 Å². The number of nitrogens with one attached hydrogen (secondary N) is 1. The molecule has 0 atom stereocenters. The van der Waals surface area contributed by atoms with Crippen molar-refractivity contribution in [1.82, 2.24) is 9.55 Å². The Bertz CT molecular complexity index is 1250. The quantitative estimate of drug-likeness (QED) is 0.271. The molecule has 0 saturated carbocycles. The Balaban J connectivity index is 1.59. The maximum atomic E-state index is 12.4. The molecule has 0 saturated heterocycles. The maximum absolute atomic E-state index is 12.4. The summed E-state index contributed by atoms with van der Waals surface area (Å²) in [4.78, 5) is 29.0. The lowest BCUT2D eigenvalue weighted by atomic mass is 10.1. The summed E-state index contributed by atoms with van der Waals surface area (Å²) in [5, 5.41) is 14.2. The number of nitrogens with zero attached hydrogens (tertiary/aromatic N) is 3. The second-order valence-electron chi connectivity index (χ2n) is 7.54. The molecule has 3 rings (SSSR count). The van der Waals surface area contributed by atoms with Gasteiger partial charge in [-0.15, -0.1) is 11.3 Å². The number of hydrogen-bond donors (Lipinski definition) is 1. The van der Waals surface area contributed by atoms with Crippen LogP contribution in [0.1, 0.15) is 30.3 Å². The van der Waals surface area contributed by atoms with Gasteiger partial charge in [-0.25, -0.2) is 9.78 Å². The number of amides is 1. The summed E-state index contributed by atoms with van der Waals surface area (Å²) in [7, 11) is 1.60. The van der Waals surface area contributed by atoms with E-state index in [0.717, 1.165) is 41.2 Å². The van der Waals surface area contributed by atoms with Crippen LogP contribution in [0.25, 0.3) is 17.3 Å². The molecular formula is C25H26N4O4S. The Morgan fingerprint density at radius 2 is 2.00 bits per heavy atom. The SMILES string of the molecule is CCCn1c(C)cc(/C=C(/C#N)C(=O)OCC(=O)Nc2nc(-c3ccc(OC)cc3)cs2)c1C. The number of hydrogen-bond acceptors (Lipinski definition) is 7. The van der Waals surface area contributed by atoms with Crippen LogP contribution in [-0.4, -0.2) is 35.1 Å². The van der Waals surface area contributed by atoms with Gasteiger partial charge in [0, 0.05) is 28.9 Å². The zero-order valence-electron chi connectivity index (χ0n) is 19.5. The number of anilines is 1. The number of benzene rings is 1. The molecule has 0 unspecified atom stereocenters. The van der Waals surface area contributed by atoms with Crippen molar-refractivity contribution in [3.05, 3.63) is 58.2 Å². The number of nitriles is 1. The monoisotopic (exact) mass is 478 g/mol. The first-order valence-corrected chi connectivity index (χ1v) is 11.6. The molecule has 34 heavy (non-hydrogen) atoms. The van der Waals surface area contributed by atoms with E-state index >= 15 is 0 Å². The molecule has 176 valence electrons. The molecule has 0 spiro atoms. The summed E-state index contributed by atoms with van der Waals surface area (Å²) < 4.78 is 12.3. The van der Waals surface area contributed by atoms with Gasteiger partial charge < -0.3 is 14.0 Å². The molecule has 0 fully saturated rings. The Labute approximate surface area is 202 Å². The van der Waals surface area contributed by atoms with Gasteiger partial charge in [0.25, 0.3) is 5.91 Å². The first-order chi connectivity index (χ1) is 16.4. The van der Waals surface area contributed by atoms with Crippen molar-refractivity contribution in [3.8, 4) is 23.1 Å². The van der Waals surface area contributed by atoms with Gasteiger partial charge in [-0.2, -0.15) is 5.26 Å². The van der Waals surface area contributed by atoms with E-state index in [0.29, 0.717) is 10.8 Å². The Hall–Kier alpha value is -3.90. The number of thiazole rings is 1. The summed E-state index contributed by atoms with van der Waals surface area (Å²) in [5.41, 5.74) is 4.21. The predicted molar refractivity (Wildman–Crippen MR) is 131 cm³/mol. The molecular weight excluding hydrogens is 452 g/mol. The predicted octanol–water partition coefficient (Wildman–Crippen LogP) is 4.74. The van der Waals surface area contributed by atoms with Crippen LogP contribution >= 0.6 is 11.3 Å². The van der Waals surface area contributed by atoms with Crippen LogP contribution < -0.4 is 10.1 Å². The lowest BCUT2D eigenvalue weighted by Crippen LogP contribution is -2.21. The molecule has 8 nitrogen and oxygen atoms in total. The van der Waals surface area contributed by atoms with Gasteiger partial charge in [-0.3, -0.25) is 10.1 Å². The van der Waals surface area contributed by atoms with Gasteiger partial charge in [-0.05, 0) is 62.2 Å². The molecule has 0 aliphatic rings. The minimum Gasteiger partial charge on any atom is -0.497 e. The van der Waals surface area contributed by atoms with Crippen molar-refractivity contribution in [2.75, 3.05) is 19.0 Å². The van der Waals surface area contributed by atoms with Crippen LogP contribution in [-0.2, 0) is 20.9 Å². The molecule has 2 heterocycles. The van der Waals surface area contributed by atoms with Gasteiger partial charge >= 0.3 is 5.97 Å². The van der Waals surface area contributed by atoms with E-state index < -0.39 is 18.5 Å². The van der Waals surface area contributed by atoms with Crippen molar-refractivity contribution < 1.29 is 19.1 Å². The lowest BCUT2D eigenvalue weighted by Gasteiger charge is -2.07. The average Bonchev–Trinajstić information content (AvgIpc) is 3.41. The third-order valence-corrected chi connectivity index (χ3v) is 5.93. The van der Waals surface area contributed by atoms with Crippen molar-refractivity contribution >= 4 is 34.4 Å². The maximum Gasteiger partial charge on any atom is 0.349 e. The number of esters is 1. The minimum atomic E-state index is -0.851. The number of methoxy groups -OCH3 is 1. The highest BCUT2D eigenvalue weighted by Crippen LogP contribution is 2.26. The highest BCUT2D eigenvalue weighted by atomic mass is 32.1. The van der Waals surface area contributed by atoms with Gasteiger partial charge in [0.05, 0.1) is 12.8 Å². The van der Waals surface area contributed by atoms with Crippen molar-refractivity contribution in [2.45, 2.75) is 33.7 Å². The van der Waals surface area contributed by atoms with E-state index in [2.05, 4.69) is 21.8 Å². The third-order valence-electron chi connectivity index (χ3n) is 5.17. The van der Waals surface area contributed by atoms with E-state index in [1.807, 2.05) is 55.6 Å². The first-order valence-electron chi connectivity index (χ1n) is 10.7. The summed E-state index contributed by atoms with van der Waals surface area (Å²) in [6.07, 6.45) is 2.47. The fourth-order valence-electron chi connectivity index (χ4n) is 3.42. The zero-order chi connectivity index (χ0) is 24.7. The summed E-state index contributed by atoms with van der Waals surface area (Å²) in [6.45, 7) is 6.34. The molecule has 0 bridgehead atoms. The Kier molecular flexibility index (Phi) is 8.22. The third kappa shape index (κ3) is 5.91. The van der Waals surface area contributed by atoms with E-state index in [1.54, 1.807) is 7.11 Å². The van der Waals surface area contributed by atoms with E-state index in [1.165, 1.54) is 17.4 Å². The van der Waals surface area contributed by atoms with Crippen molar-refractivity contribution in [3.63, 3.8) is 0 Å². The number of ether oxygens (including phenoxy) is 2. The molecule has 0 aliphatic heterocycles. The zero-order valence-corrected chi connectivity index (χ0v) is 20.4.